The minimum absolute atomic E-state index is 0.0656. The molecule has 1 aromatic rings. The Balaban J connectivity index is 2.98. The first-order valence-electron chi connectivity index (χ1n) is 6.00. The van der Waals surface area contributed by atoms with Crippen LogP contribution in [0.15, 0.2) is 12.1 Å². The first kappa shape index (κ1) is 15.1. The lowest BCUT2D eigenvalue weighted by molar-refractivity contribution is -0.127. The highest BCUT2D eigenvalue weighted by Crippen LogP contribution is 2.30. The molecule has 19 heavy (non-hydrogen) atoms. The van der Waals surface area contributed by atoms with Crippen LogP contribution in [0.5, 0.6) is 5.75 Å². The predicted octanol–water partition coefficient (Wildman–Crippen LogP) is 1.33. The molecule has 6 heteroatoms. The van der Waals surface area contributed by atoms with Crippen molar-refractivity contribution in [2.45, 2.75) is 6.92 Å². The van der Waals surface area contributed by atoms with E-state index in [1.807, 2.05) is 0 Å². The van der Waals surface area contributed by atoms with Gasteiger partial charge in [0.2, 0.25) is 5.91 Å². The van der Waals surface area contributed by atoms with Gasteiger partial charge in [-0.15, -0.1) is 0 Å². The van der Waals surface area contributed by atoms with Crippen molar-refractivity contribution in [2.24, 2.45) is 0 Å². The van der Waals surface area contributed by atoms with Crippen molar-refractivity contribution >= 4 is 17.3 Å². The van der Waals surface area contributed by atoms with Gasteiger partial charge in [-0.05, 0) is 6.92 Å². The van der Waals surface area contributed by atoms with Gasteiger partial charge in [0.1, 0.15) is 0 Å². The zero-order chi connectivity index (χ0) is 14.6. The summed E-state index contributed by atoms with van der Waals surface area (Å²) < 4.78 is 18.8. The highest BCUT2D eigenvalue weighted by molar-refractivity contribution is 5.83. The molecule has 0 heterocycles. The fourth-order valence-electron chi connectivity index (χ4n) is 1.58. The fourth-order valence-corrected chi connectivity index (χ4v) is 1.58. The van der Waals surface area contributed by atoms with E-state index >= 15 is 0 Å². The smallest absolute Gasteiger partial charge is 0.241 e. The number of nitrogens with two attached hydrogens (primary N) is 1. The number of hydrogen-bond acceptors (Lipinski definition) is 4. The Morgan fingerprint density at radius 3 is 2.53 bits per heavy atom. The van der Waals surface area contributed by atoms with Gasteiger partial charge in [0, 0.05) is 33.3 Å². The molecule has 106 valence electrons. The summed E-state index contributed by atoms with van der Waals surface area (Å²) in [4.78, 5) is 14.8. The van der Waals surface area contributed by atoms with E-state index in [0.29, 0.717) is 12.3 Å². The van der Waals surface area contributed by atoms with E-state index < -0.39 is 5.82 Å². The largest absolute Gasteiger partial charge is 0.491 e. The van der Waals surface area contributed by atoms with E-state index in [1.165, 1.54) is 17.0 Å². The molecule has 0 fully saturated rings. The van der Waals surface area contributed by atoms with Gasteiger partial charge < -0.3 is 20.3 Å². The lowest BCUT2D eigenvalue weighted by atomic mass is 10.2. The van der Waals surface area contributed by atoms with Crippen molar-refractivity contribution in [1.82, 2.24) is 4.90 Å². The van der Waals surface area contributed by atoms with Crippen LogP contribution in [-0.4, -0.2) is 45.1 Å². The first-order valence-corrected chi connectivity index (χ1v) is 6.00. The molecule has 2 N–H and O–H groups in total. The highest BCUT2D eigenvalue weighted by Gasteiger charge is 2.15. The van der Waals surface area contributed by atoms with E-state index in [2.05, 4.69) is 0 Å². The van der Waals surface area contributed by atoms with E-state index in [1.54, 1.807) is 33.0 Å². The van der Waals surface area contributed by atoms with Crippen LogP contribution in [0.25, 0.3) is 0 Å². The summed E-state index contributed by atoms with van der Waals surface area (Å²) in [5.74, 6) is -0.435. The van der Waals surface area contributed by atoms with Crippen LogP contribution in [0, 0.1) is 5.82 Å². The Morgan fingerprint density at radius 2 is 2.00 bits per heavy atom. The zero-order valence-corrected chi connectivity index (χ0v) is 11.7. The SMILES string of the molecule is CCOc1cc(N(C)CC(=O)N(C)C)c(N)cc1F. The van der Waals surface area contributed by atoms with Gasteiger partial charge in [0.05, 0.1) is 24.5 Å². The predicted molar refractivity (Wildman–Crippen MR) is 73.9 cm³/mol. The summed E-state index contributed by atoms with van der Waals surface area (Å²) in [6.07, 6.45) is 0. The number of nitrogens with zero attached hydrogens (tertiary/aromatic N) is 2. The van der Waals surface area contributed by atoms with E-state index in [0.717, 1.165) is 0 Å². The van der Waals surface area contributed by atoms with Crippen molar-refractivity contribution in [3.8, 4) is 5.75 Å². The number of anilines is 2. The van der Waals surface area contributed by atoms with Crippen LogP contribution in [0.3, 0.4) is 0 Å². The molecule has 0 unspecified atom stereocenters. The minimum Gasteiger partial charge on any atom is -0.491 e. The van der Waals surface area contributed by atoms with E-state index in [9.17, 15) is 9.18 Å². The Labute approximate surface area is 112 Å². The molecule has 0 aliphatic heterocycles. The molecule has 1 aromatic carbocycles. The number of rotatable bonds is 5. The lowest BCUT2D eigenvalue weighted by Gasteiger charge is -2.23. The molecular weight excluding hydrogens is 249 g/mol. The Bertz CT molecular complexity index is 463. The van der Waals surface area contributed by atoms with Crippen LogP contribution in [0.1, 0.15) is 6.92 Å². The number of likely N-dealkylation sites (N-methyl/N-ethyl adjacent to an activating group) is 2. The number of benzene rings is 1. The fraction of sp³-hybridized carbons (Fsp3) is 0.462. The van der Waals surface area contributed by atoms with Crippen LogP contribution in [-0.2, 0) is 4.79 Å². The third kappa shape index (κ3) is 3.74. The van der Waals surface area contributed by atoms with Crippen molar-refractivity contribution in [2.75, 3.05) is 44.9 Å². The Hall–Kier alpha value is -1.98. The molecule has 0 radical (unpaired) electrons. The van der Waals surface area contributed by atoms with Gasteiger partial charge in [-0.25, -0.2) is 4.39 Å². The molecule has 5 nitrogen and oxygen atoms in total. The summed E-state index contributed by atoms with van der Waals surface area (Å²) >= 11 is 0. The maximum absolute atomic E-state index is 13.6. The van der Waals surface area contributed by atoms with Gasteiger partial charge in [-0.3, -0.25) is 4.79 Å². The number of carbonyl (C=O) groups is 1. The van der Waals surface area contributed by atoms with Crippen LogP contribution in [0.2, 0.25) is 0 Å². The molecule has 0 aromatic heterocycles. The molecule has 0 spiro atoms. The molecule has 0 saturated carbocycles. The molecule has 0 aliphatic carbocycles. The second kappa shape index (κ2) is 6.26. The summed E-state index contributed by atoms with van der Waals surface area (Å²) in [6, 6.07) is 2.72. The monoisotopic (exact) mass is 269 g/mol. The van der Waals surface area contributed by atoms with Gasteiger partial charge in [-0.2, -0.15) is 0 Å². The maximum atomic E-state index is 13.6. The van der Waals surface area contributed by atoms with Crippen molar-refractivity contribution in [1.29, 1.82) is 0 Å². The normalized spacial score (nSPS) is 10.2. The van der Waals surface area contributed by atoms with Gasteiger partial charge in [0.25, 0.3) is 0 Å². The van der Waals surface area contributed by atoms with Gasteiger partial charge in [0.15, 0.2) is 11.6 Å². The molecule has 1 rings (SSSR count). The quantitative estimate of drug-likeness (QED) is 0.819. The molecule has 1 amide bonds. The number of hydrogen-bond donors (Lipinski definition) is 1. The second-order valence-corrected chi connectivity index (χ2v) is 4.42. The lowest BCUT2D eigenvalue weighted by Crippen LogP contribution is -2.34. The summed E-state index contributed by atoms with van der Waals surface area (Å²) in [5.41, 5.74) is 6.62. The standard InChI is InChI=1S/C13H20FN3O2/c1-5-19-12-7-11(10(15)6-9(12)14)17(4)8-13(18)16(2)3/h6-7H,5,8,15H2,1-4H3. The van der Waals surface area contributed by atoms with Gasteiger partial charge >= 0.3 is 0 Å². The van der Waals surface area contributed by atoms with Gasteiger partial charge in [-0.1, -0.05) is 0 Å². The number of amides is 1. The molecule has 0 saturated heterocycles. The number of nitrogen functional groups attached to an aromatic ring is 1. The van der Waals surface area contributed by atoms with Crippen molar-refractivity contribution in [3.63, 3.8) is 0 Å². The molecule has 0 atom stereocenters. The Morgan fingerprint density at radius 1 is 1.37 bits per heavy atom. The molecule has 0 aliphatic rings. The first-order chi connectivity index (χ1) is 8.86. The minimum atomic E-state index is -0.504. The number of halogens is 1. The second-order valence-electron chi connectivity index (χ2n) is 4.42. The average molecular weight is 269 g/mol. The van der Waals surface area contributed by atoms with Crippen molar-refractivity contribution < 1.29 is 13.9 Å². The van der Waals surface area contributed by atoms with E-state index in [-0.39, 0.29) is 23.9 Å². The van der Waals surface area contributed by atoms with Crippen LogP contribution >= 0.6 is 0 Å². The summed E-state index contributed by atoms with van der Waals surface area (Å²) in [5, 5.41) is 0. The van der Waals surface area contributed by atoms with Crippen LogP contribution < -0.4 is 15.4 Å². The Kier molecular flexibility index (Phi) is 4.97. The summed E-state index contributed by atoms with van der Waals surface area (Å²) in [7, 11) is 5.08. The molecular formula is C13H20FN3O2. The van der Waals surface area contributed by atoms with Crippen molar-refractivity contribution in [3.05, 3.63) is 17.9 Å². The highest BCUT2D eigenvalue weighted by atomic mass is 19.1. The summed E-state index contributed by atoms with van der Waals surface area (Å²) in [6.45, 7) is 2.30. The van der Waals surface area contributed by atoms with E-state index in [4.69, 9.17) is 10.5 Å². The topological polar surface area (TPSA) is 58.8 Å². The zero-order valence-electron chi connectivity index (χ0n) is 11.7. The van der Waals surface area contributed by atoms with Crippen LogP contribution in [0.4, 0.5) is 15.8 Å². The molecule has 0 bridgehead atoms. The average Bonchev–Trinajstić information content (AvgIpc) is 2.32. The third-order valence-corrected chi connectivity index (χ3v) is 2.66. The third-order valence-electron chi connectivity index (χ3n) is 2.66. The maximum Gasteiger partial charge on any atom is 0.241 e. The number of ether oxygens (including phenoxy) is 1. The number of carbonyl (C=O) groups excluding carboxylic acids is 1.